The molecule has 2 atom stereocenters. The van der Waals surface area contributed by atoms with E-state index in [0.717, 1.165) is 12.1 Å². The molecule has 2 rings (SSSR count). The molecule has 0 heterocycles. The smallest absolute Gasteiger partial charge is 0.480 e. The molecule has 26 heavy (non-hydrogen) atoms. The molecular weight excluding hydrogens is 387 g/mol. The number of aliphatic carboxylic acids is 1. The Labute approximate surface area is 153 Å². The number of non-ortho nitro benzene ring substituents is 1. The minimum absolute atomic E-state index is 0.0175. The van der Waals surface area contributed by atoms with Gasteiger partial charge in [-0.1, -0.05) is 23.7 Å². The van der Waals surface area contributed by atoms with Crippen LogP contribution in [0.15, 0.2) is 48.5 Å². The number of rotatable bonds is 8. The van der Waals surface area contributed by atoms with Gasteiger partial charge in [0.05, 0.1) is 9.95 Å². The molecule has 0 aliphatic carbocycles. The highest BCUT2D eigenvalue weighted by atomic mass is 35.5. The molecule has 9 nitrogen and oxygen atoms in total. The van der Waals surface area contributed by atoms with Crippen LogP contribution in [-0.2, 0) is 9.36 Å². The van der Waals surface area contributed by atoms with Gasteiger partial charge in [0.25, 0.3) is 5.69 Å². The van der Waals surface area contributed by atoms with Gasteiger partial charge in [-0.15, -0.1) is 0 Å². The molecule has 2 aromatic carbocycles. The number of carbonyl (C=O) groups is 1. The van der Waals surface area contributed by atoms with Crippen LogP contribution in [0.2, 0.25) is 5.02 Å². The Balaban J connectivity index is 2.30. The van der Waals surface area contributed by atoms with E-state index in [1.165, 1.54) is 31.2 Å². The molecule has 0 aliphatic rings. The lowest BCUT2D eigenvalue weighted by atomic mass is 10.3. The van der Waals surface area contributed by atoms with E-state index in [9.17, 15) is 19.5 Å². The number of nitrogens with one attached hydrogen (secondary N) is 1. The second-order valence-corrected chi connectivity index (χ2v) is 7.08. The van der Waals surface area contributed by atoms with Crippen LogP contribution < -0.4 is 14.1 Å². The first kappa shape index (κ1) is 19.7. The number of hydrogen-bond donors (Lipinski definition) is 2. The molecule has 0 aliphatic heterocycles. The zero-order chi connectivity index (χ0) is 19.3. The summed E-state index contributed by atoms with van der Waals surface area (Å²) in [7, 11) is -4.22. The van der Waals surface area contributed by atoms with E-state index in [-0.39, 0.29) is 22.2 Å². The Morgan fingerprint density at radius 1 is 1.23 bits per heavy atom. The van der Waals surface area contributed by atoms with Gasteiger partial charge < -0.3 is 14.2 Å². The van der Waals surface area contributed by atoms with Crippen LogP contribution in [0, 0.1) is 10.1 Å². The van der Waals surface area contributed by atoms with Crippen molar-refractivity contribution in [3.63, 3.8) is 0 Å². The zero-order valence-electron chi connectivity index (χ0n) is 13.4. The standard InChI is InChI=1S/C15H14ClN2O7P/c1-10(15(19)20)17-26(23,25-14-5-3-2-4-13(14)16)24-12-8-6-11(7-9-12)18(21)22/h2-10H,1H3,(H,17,23)(H,19,20)/t10-,26?/m0/s1. The maximum absolute atomic E-state index is 13.0. The molecule has 2 aromatic rings. The topological polar surface area (TPSA) is 128 Å². The maximum atomic E-state index is 13.0. The molecule has 0 bridgehead atoms. The molecule has 0 fully saturated rings. The van der Waals surface area contributed by atoms with Crippen LogP contribution in [-0.4, -0.2) is 22.0 Å². The van der Waals surface area contributed by atoms with Crippen molar-refractivity contribution in [2.45, 2.75) is 13.0 Å². The molecule has 11 heteroatoms. The van der Waals surface area contributed by atoms with Crippen LogP contribution in [0.25, 0.3) is 0 Å². The second-order valence-electron chi connectivity index (χ2n) is 5.05. The van der Waals surface area contributed by atoms with Crippen LogP contribution in [0.1, 0.15) is 6.92 Å². The first-order valence-electron chi connectivity index (χ1n) is 7.19. The lowest BCUT2D eigenvalue weighted by Gasteiger charge is -2.22. The van der Waals surface area contributed by atoms with Crippen molar-refractivity contribution < 1.29 is 28.4 Å². The quantitative estimate of drug-likeness (QED) is 0.388. The maximum Gasteiger partial charge on any atom is 0.513 e. The van der Waals surface area contributed by atoms with E-state index < -0.39 is 24.7 Å². The third kappa shape index (κ3) is 5.19. The van der Waals surface area contributed by atoms with Crippen molar-refractivity contribution in [1.82, 2.24) is 5.09 Å². The number of benzene rings is 2. The van der Waals surface area contributed by atoms with Crippen molar-refractivity contribution in [2.75, 3.05) is 0 Å². The Kier molecular flexibility index (Phi) is 6.20. The minimum atomic E-state index is -4.22. The molecule has 138 valence electrons. The van der Waals surface area contributed by atoms with Gasteiger partial charge in [-0.3, -0.25) is 14.9 Å². The first-order chi connectivity index (χ1) is 12.2. The Hall–Kier alpha value is -2.61. The predicted molar refractivity (Wildman–Crippen MR) is 93.6 cm³/mol. The lowest BCUT2D eigenvalue weighted by molar-refractivity contribution is -0.384. The van der Waals surface area contributed by atoms with Gasteiger partial charge in [0.15, 0.2) is 0 Å². The number of nitro benzene ring substituents is 1. The number of nitro groups is 1. The van der Waals surface area contributed by atoms with Gasteiger partial charge in [0, 0.05) is 12.1 Å². The van der Waals surface area contributed by atoms with E-state index in [1.807, 2.05) is 0 Å². The van der Waals surface area contributed by atoms with Crippen molar-refractivity contribution in [1.29, 1.82) is 0 Å². The fraction of sp³-hybridized carbons (Fsp3) is 0.133. The highest BCUT2D eigenvalue weighted by Gasteiger charge is 2.33. The Morgan fingerprint density at radius 2 is 1.85 bits per heavy atom. The number of carboxylic acid groups (broad SMARTS) is 1. The zero-order valence-corrected chi connectivity index (χ0v) is 15.0. The lowest BCUT2D eigenvalue weighted by Crippen LogP contribution is -2.34. The Bertz CT molecular complexity index is 859. The van der Waals surface area contributed by atoms with Gasteiger partial charge in [0.2, 0.25) is 0 Å². The summed E-state index contributed by atoms with van der Waals surface area (Å²) < 4.78 is 23.6. The minimum Gasteiger partial charge on any atom is -0.480 e. The van der Waals surface area contributed by atoms with Crippen molar-refractivity contribution in [3.05, 3.63) is 63.7 Å². The fourth-order valence-electron chi connectivity index (χ4n) is 1.78. The number of hydrogen-bond acceptors (Lipinski definition) is 6. The van der Waals surface area contributed by atoms with E-state index in [0.29, 0.717) is 0 Å². The molecule has 0 radical (unpaired) electrons. The van der Waals surface area contributed by atoms with Crippen LogP contribution in [0.3, 0.4) is 0 Å². The second kappa shape index (κ2) is 8.18. The number of carboxylic acids is 1. The highest BCUT2D eigenvalue weighted by molar-refractivity contribution is 7.52. The van der Waals surface area contributed by atoms with Gasteiger partial charge in [0.1, 0.15) is 17.5 Å². The summed E-state index contributed by atoms with van der Waals surface area (Å²) in [6.07, 6.45) is 0. The number of para-hydroxylation sites is 1. The summed E-state index contributed by atoms with van der Waals surface area (Å²) in [6, 6.07) is 9.60. The monoisotopic (exact) mass is 400 g/mol. The molecule has 0 aromatic heterocycles. The average molecular weight is 401 g/mol. The normalized spacial score (nSPS) is 14.1. The van der Waals surface area contributed by atoms with Gasteiger partial charge in [-0.2, -0.15) is 5.09 Å². The average Bonchev–Trinajstić information content (AvgIpc) is 2.57. The molecule has 0 spiro atoms. The molecule has 0 saturated heterocycles. The van der Waals surface area contributed by atoms with Crippen LogP contribution >= 0.6 is 19.3 Å². The molecule has 1 unspecified atom stereocenters. The summed E-state index contributed by atoms with van der Waals surface area (Å²) in [5.74, 6) is -1.28. The van der Waals surface area contributed by atoms with E-state index >= 15 is 0 Å². The number of halogens is 1. The van der Waals surface area contributed by atoms with Gasteiger partial charge >= 0.3 is 13.7 Å². The number of nitrogens with zero attached hydrogens (tertiary/aromatic N) is 1. The fourth-order valence-corrected chi connectivity index (χ4v) is 3.55. The van der Waals surface area contributed by atoms with Gasteiger partial charge in [-0.25, -0.2) is 4.57 Å². The predicted octanol–water partition coefficient (Wildman–Crippen LogP) is 3.88. The highest BCUT2D eigenvalue weighted by Crippen LogP contribution is 2.47. The third-order valence-corrected chi connectivity index (χ3v) is 4.95. The van der Waals surface area contributed by atoms with Gasteiger partial charge in [-0.05, 0) is 31.2 Å². The first-order valence-corrected chi connectivity index (χ1v) is 9.11. The third-order valence-electron chi connectivity index (χ3n) is 3.05. The largest absolute Gasteiger partial charge is 0.513 e. The molecule has 0 amide bonds. The summed E-state index contributed by atoms with van der Waals surface area (Å²) in [5.41, 5.74) is -0.189. The van der Waals surface area contributed by atoms with Crippen LogP contribution in [0.4, 0.5) is 5.69 Å². The van der Waals surface area contributed by atoms with E-state index in [1.54, 1.807) is 12.1 Å². The summed E-state index contributed by atoms with van der Waals surface area (Å²) in [4.78, 5) is 21.2. The summed E-state index contributed by atoms with van der Waals surface area (Å²) in [6.45, 7) is 1.25. The summed E-state index contributed by atoms with van der Waals surface area (Å²) >= 11 is 5.97. The van der Waals surface area contributed by atoms with Crippen molar-refractivity contribution >= 4 is 31.0 Å². The molecule has 0 saturated carbocycles. The van der Waals surface area contributed by atoms with E-state index in [2.05, 4.69) is 5.09 Å². The van der Waals surface area contributed by atoms with E-state index in [4.69, 9.17) is 25.8 Å². The molecule has 2 N–H and O–H groups in total. The van der Waals surface area contributed by atoms with Crippen molar-refractivity contribution in [2.24, 2.45) is 0 Å². The SMILES string of the molecule is C[C@H](NP(=O)(Oc1ccc([N+](=O)[O-])cc1)Oc1ccccc1Cl)C(=O)O. The molecular formula is C15H14ClN2O7P. The Morgan fingerprint density at radius 3 is 2.38 bits per heavy atom. The van der Waals surface area contributed by atoms with Crippen molar-refractivity contribution in [3.8, 4) is 11.5 Å². The summed E-state index contributed by atoms with van der Waals surface area (Å²) in [5, 5.41) is 22.1. The van der Waals surface area contributed by atoms with Crippen LogP contribution in [0.5, 0.6) is 11.5 Å².